The van der Waals surface area contributed by atoms with Gasteiger partial charge in [0.2, 0.25) is 0 Å². The summed E-state index contributed by atoms with van der Waals surface area (Å²) in [5.41, 5.74) is 7.73. The highest BCUT2D eigenvalue weighted by atomic mass is 32.1. The maximum Gasteiger partial charge on any atom is 0.261 e. The van der Waals surface area contributed by atoms with Gasteiger partial charge in [0.15, 0.2) is 0 Å². The highest BCUT2D eigenvalue weighted by molar-refractivity contribution is 7.17. The monoisotopic (exact) mass is 902 g/mol. The summed E-state index contributed by atoms with van der Waals surface area (Å²) in [6.45, 7) is 19.3. The molecule has 2 aromatic heterocycles. The molecule has 4 heterocycles. The predicted octanol–water partition coefficient (Wildman–Crippen LogP) is 16.5. The van der Waals surface area contributed by atoms with Crippen LogP contribution < -0.4 is 5.32 Å². The zero-order chi connectivity index (χ0) is 45.6. The highest BCUT2D eigenvalue weighted by Crippen LogP contribution is 2.50. The van der Waals surface area contributed by atoms with Crippen molar-refractivity contribution in [2.45, 2.75) is 171 Å². The normalized spacial score (nSPS) is 16.0. The fraction of sp³-hybridized carbons (Fsp3) is 0.544. The first-order chi connectivity index (χ1) is 31.2. The molecule has 1 N–H and O–H groups in total. The number of hydrogen-bond acceptors (Lipinski definition) is 5. The van der Waals surface area contributed by atoms with E-state index in [4.69, 9.17) is 0 Å². The first-order valence-corrected chi connectivity index (χ1v) is 27.1. The number of hydrogen-bond donors (Lipinski definition) is 1. The van der Waals surface area contributed by atoms with Crippen LogP contribution in [0.25, 0.3) is 32.3 Å². The Bertz CT molecular complexity index is 2000. The summed E-state index contributed by atoms with van der Waals surface area (Å²) in [5, 5.41) is 3.75. The van der Waals surface area contributed by atoms with Crippen molar-refractivity contribution in [3.05, 3.63) is 99.3 Å². The van der Waals surface area contributed by atoms with E-state index in [2.05, 4.69) is 134 Å². The molecule has 0 saturated carbocycles. The van der Waals surface area contributed by atoms with E-state index in [9.17, 15) is 0 Å². The summed E-state index contributed by atoms with van der Waals surface area (Å²) in [4.78, 5) is 39.0. The standard InChI is InChI=1S/C57H79N3O2S2/c1-9-17-21-40(13-5)37-43-25-27-44(28-26-43)48-33-35-50(63-48)54-52-53(57(62)59(54)38-41(14-6)22-18-10-2)55(60(56(52)61)39-42(15-7)23-19-11-3)51-36-34-49(64-51)45-29-31-47(32-30-45)58-46(16-8)24-20-12-4/h25-36,40-42,46,58H,9-24,37-39H2,1-8H3. The minimum absolute atomic E-state index is 0.0146. The number of anilines is 1. The molecular weight excluding hydrogens is 823 g/mol. The van der Waals surface area contributed by atoms with E-state index in [0.717, 1.165) is 107 Å². The molecule has 2 aliphatic rings. The Labute approximate surface area is 395 Å². The van der Waals surface area contributed by atoms with Crippen LogP contribution in [0.3, 0.4) is 0 Å². The van der Waals surface area contributed by atoms with Crippen molar-refractivity contribution in [2.75, 3.05) is 18.4 Å². The number of fused-ring (bicyclic) bond motifs is 1. The molecule has 346 valence electrons. The molecule has 2 aliphatic heterocycles. The Hall–Kier alpha value is -3.94. The number of amides is 2. The second-order valence-corrected chi connectivity index (χ2v) is 20.9. The van der Waals surface area contributed by atoms with Crippen molar-refractivity contribution in [1.29, 1.82) is 0 Å². The van der Waals surface area contributed by atoms with Crippen molar-refractivity contribution in [3.8, 4) is 20.9 Å². The van der Waals surface area contributed by atoms with Crippen molar-refractivity contribution in [2.24, 2.45) is 17.8 Å². The van der Waals surface area contributed by atoms with Gasteiger partial charge in [0.1, 0.15) is 0 Å². The van der Waals surface area contributed by atoms with Gasteiger partial charge in [-0.15, -0.1) is 22.7 Å². The molecule has 6 rings (SSSR count). The van der Waals surface area contributed by atoms with Crippen LogP contribution in [0.15, 0.2) is 83.9 Å². The molecule has 7 heteroatoms. The van der Waals surface area contributed by atoms with Crippen LogP contribution in [-0.4, -0.2) is 40.7 Å². The molecule has 4 unspecified atom stereocenters. The van der Waals surface area contributed by atoms with E-state index in [0.29, 0.717) is 42.1 Å². The van der Waals surface area contributed by atoms with Crippen molar-refractivity contribution in [3.63, 3.8) is 0 Å². The topological polar surface area (TPSA) is 52.7 Å². The minimum Gasteiger partial charge on any atom is -0.382 e. The van der Waals surface area contributed by atoms with E-state index >= 15 is 9.59 Å². The molecule has 5 nitrogen and oxygen atoms in total. The van der Waals surface area contributed by atoms with Crippen LogP contribution in [0.2, 0.25) is 0 Å². The lowest BCUT2D eigenvalue weighted by Crippen LogP contribution is -2.34. The number of carbonyl (C=O) groups excluding carboxylic acids is 2. The van der Waals surface area contributed by atoms with Gasteiger partial charge in [0.25, 0.3) is 11.8 Å². The number of nitrogens with one attached hydrogen (secondary N) is 1. The second kappa shape index (κ2) is 24.5. The molecule has 2 amide bonds. The first kappa shape index (κ1) is 49.5. The number of benzene rings is 2. The van der Waals surface area contributed by atoms with Gasteiger partial charge >= 0.3 is 0 Å². The third kappa shape index (κ3) is 11.9. The molecule has 0 fully saturated rings. The molecular formula is C57H79N3O2S2. The number of nitrogens with zero attached hydrogens (tertiary/aromatic N) is 2. The van der Waals surface area contributed by atoms with Gasteiger partial charge in [-0.3, -0.25) is 9.59 Å². The van der Waals surface area contributed by atoms with Crippen LogP contribution in [0, 0.1) is 17.8 Å². The fourth-order valence-electron chi connectivity index (χ4n) is 9.73. The summed E-state index contributed by atoms with van der Waals surface area (Å²) < 4.78 is 0. The summed E-state index contributed by atoms with van der Waals surface area (Å²) >= 11 is 3.42. The Kier molecular flexibility index (Phi) is 19.0. The van der Waals surface area contributed by atoms with Crippen LogP contribution >= 0.6 is 22.7 Å². The van der Waals surface area contributed by atoms with Crippen molar-refractivity contribution in [1.82, 2.24) is 9.80 Å². The average molecular weight is 902 g/mol. The fourth-order valence-corrected chi connectivity index (χ4v) is 11.9. The first-order valence-electron chi connectivity index (χ1n) is 25.5. The largest absolute Gasteiger partial charge is 0.382 e. The molecule has 0 bridgehead atoms. The van der Waals surface area contributed by atoms with Gasteiger partial charge in [0, 0.05) is 34.6 Å². The van der Waals surface area contributed by atoms with Gasteiger partial charge in [-0.25, -0.2) is 0 Å². The van der Waals surface area contributed by atoms with E-state index < -0.39 is 0 Å². The van der Waals surface area contributed by atoms with Crippen molar-refractivity contribution < 1.29 is 9.59 Å². The molecule has 4 atom stereocenters. The summed E-state index contributed by atoms with van der Waals surface area (Å²) in [6.07, 6.45) is 19.5. The van der Waals surface area contributed by atoms with E-state index in [1.807, 2.05) is 9.80 Å². The van der Waals surface area contributed by atoms with E-state index in [1.165, 1.54) is 60.9 Å². The van der Waals surface area contributed by atoms with Crippen LogP contribution in [0.4, 0.5) is 5.69 Å². The Morgan fingerprint density at radius 2 is 0.875 bits per heavy atom. The van der Waals surface area contributed by atoms with Gasteiger partial charge in [-0.1, -0.05) is 169 Å². The third-order valence-electron chi connectivity index (χ3n) is 14.1. The zero-order valence-electron chi connectivity index (χ0n) is 40.7. The van der Waals surface area contributed by atoms with E-state index in [-0.39, 0.29) is 11.8 Å². The maximum absolute atomic E-state index is 15.3. The highest BCUT2D eigenvalue weighted by Gasteiger charge is 2.50. The number of unbranched alkanes of at least 4 members (excludes halogenated alkanes) is 4. The van der Waals surface area contributed by atoms with Gasteiger partial charge < -0.3 is 15.1 Å². The Morgan fingerprint density at radius 3 is 1.30 bits per heavy atom. The van der Waals surface area contributed by atoms with Crippen LogP contribution in [0.5, 0.6) is 0 Å². The minimum atomic E-state index is -0.0146. The third-order valence-corrected chi connectivity index (χ3v) is 16.4. The molecule has 2 aromatic carbocycles. The quantitative estimate of drug-likeness (QED) is 0.0618. The molecule has 0 radical (unpaired) electrons. The Balaban J connectivity index is 1.41. The maximum atomic E-state index is 15.3. The summed E-state index contributed by atoms with van der Waals surface area (Å²) in [5.74, 6) is 1.40. The van der Waals surface area contributed by atoms with Gasteiger partial charge in [-0.2, -0.15) is 0 Å². The van der Waals surface area contributed by atoms with Crippen LogP contribution in [0.1, 0.15) is 173 Å². The van der Waals surface area contributed by atoms with E-state index in [1.54, 1.807) is 22.7 Å². The molecule has 64 heavy (non-hydrogen) atoms. The van der Waals surface area contributed by atoms with Gasteiger partial charge in [0.05, 0.1) is 32.3 Å². The van der Waals surface area contributed by atoms with Crippen molar-refractivity contribution >= 4 is 51.6 Å². The molecule has 4 aromatic rings. The molecule has 0 saturated heterocycles. The second-order valence-electron chi connectivity index (χ2n) is 18.7. The number of rotatable bonds is 28. The number of carbonyl (C=O) groups is 2. The van der Waals surface area contributed by atoms with Crippen LogP contribution in [-0.2, 0) is 16.0 Å². The SMILES string of the molecule is CCCCC(CC)Cc1ccc(-c2ccc(C3=C4C(=O)N(CC(CC)CCCC)C(c5ccc(-c6ccc(NC(CC)CCCC)cc6)s5)=C4C(=O)N3CC(CC)CCCC)s2)cc1. The molecule has 0 aliphatic carbocycles. The van der Waals surface area contributed by atoms with Gasteiger partial charge in [-0.05, 0) is 103 Å². The summed E-state index contributed by atoms with van der Waals surface area (Å²) in [6, 6.07) is 27.2. The Morgan fingerprint density at radius 1 is 0.469 bits per heavy atom. The lowest BCUT2D eigenvalue weighted by molar-refractivity contribution is -0.124. The smallest absolute Gasteiger partial charge is 0.261 e. The molecule has 0 spiro atoms. The predicted molar refractivity (Wildman–Crippen MR) is 278 cm³/mol. The lowest BCUT2D eigenvalue weighted by Gasteiger charge is -2.29. The zero-order valence-corrected chi connectivity index (χ0v) is 42.3. The number of thiophene rings is 2. The lowest BCUT2D eigenvalue weighted by atomic mass is 9.91. The summed E-state index contributed by atoms with van der Waals surface area (Å²) in [7, 11) is 0. The average Bonchev–Trinajstić information content (AvgIpc) is 4.12.